The fourth-order valence-electron chi connectivity index (χ4n) is 2.75. The van der Waals surface area contributed by atoms with Crippen LogP contribution in [-0.2, 0) is 11.4 Å². The molecule has 134 valence electrons. The molecule has 2 aromatic carbocycles. The van der Waals surface area contributed by atoms with E-state index in [1.54, 1.807) is 24.3 Å². The smallest absolute Gasteiger partial charge is 0.262 e. The van der Waals surface area contributed by atoms with Crippen molar-refractivity contribution in [2.75, 3.05) is 5.32 Å². The number of amides is 3. The van der Waals surface area contributed by atoms with E-state index in [4.69, 9.17) is 23.2 Å². The monoisotopic (exact) mass is 392 g/mol. The normalized spacial score (nSPS) is 14.4. The summed E-state index contributed by atoms with van der Waals surface area (Å²) < 4.78 is 0. The van der Waals surface area contributed by atoms with Gasteiger partial charge in [0, 0.05) is 10.6 Å². The van der Waals surface area contributed by atoms with Crippen LogP contribution in [0, 0.1) is 0 Å². The van der Waals surface area contributed by atoms with Gasteiger partial charge in [0.2, 0.25) is 5.91 Å². The highest BCUT2D eigenvalue weighted by Gasteiger charge is 2.40. The van der Waals surface area contributed by atoms with Crippen LogP contribution in [0.1, 0.15) is 33.2 Å². The van der Waals surface area contributed by atoms with Crippen molar-refractivity contribution in [3.8, 4) is 0 Å². The first-order chi connectivity index (χ1) is 12.4. The first-order valence-corrected chi connectivity index (χ1v) is 8.48. The predicted molar refractivity (Wildman–Crippen MR) is 97.4 cm³/mol. The topological polar surface area (TPSA) is 86.7 Å². The number of nitrogens with zero attached hydrogens (tertiary/aromatic N) is 1. The Bertz CT molecular complexity index is 894. The summed E-state index contributed by atoms with van der Waals surface area (Å²) in [5, 5.41) is 12.3. The Morgan fingerprint density at radius 2 is 1.69 bits per heavy atom. The largest absolute Gasteiger partial charge is 0.392 e. The first-order valence-electron chi connectivity index (χ1n) is 7.72. The molecule has 0 saturated carbocycles. The van der Waals surface area contributed by atoms with E-state index in [0.29, 0.717) is 0 Å². The molecule has 0 fully saturated rings. The standard InChI is InChI=1S/C18H14Cl2N2O4/c1-9(22-17(25)10-4-2-3-5-11(10)18(22)26)16(24)21-14-7-6-13(19)12(8-23)15(14)20/h2-7,9,23H,8H2,1H3,(H,21,24). The van der Waals surface area contributed by atoms with Crippen LogP contribution in [0.4, 0.5) is 5.69 Å². The summed E-state index contributed by atoms with van der Waals surface area (Å²) in [5.74, 6) is -1.63. The number of nitrogens with one attached hydrogen (secondary N) is 1. The molecular formula is C18H14Cl2N2O4. The summed E-state index contributed by atoms with van der Waals surface area (Å²) in [5.41, 5.74) is 1.04. The van der Waals surface area contributed by atoms with E-state index < -0.39 is 30.4 Å². The van der Waals surface area contributed by atoms with Gasteiger partial charge >= 0.3 is 0 Å². The molecule has 1 aliphatic heterocycles. The fraction of sp³-hybridized carbons (Fsp3) is 0.167. The maximum absolute atomic E-state index is 12.6. The van der Waals surface area contributed by atoms with Gasteiger partial charge in [-0.3, -0.25) is 19.3 Å². The van der Waals surface area contributed by atoms with Crippen molar-refractivity contribution in [1.82, 2.24) is 4.90 Å². The molecular weight excluding hydrogens is 379 g/mol. The number of hydrogen-bond acceptors (Lipinski definition) is 4. The van der Waals surface area contributed by atoms with Crippen molar-refractivity contribution in [2.24, 2.45) is 0 Å². The molecule has 0 aliphatic carbocycles. The van der Waals surface area contributed by atoms with Crippen molar-refractivity contribution in [3.63, 3.8) is 0 Å². The average molecular weight is 393 g/mol. The van der Waals surface area contributed by atoms with Crippen LogP contribution in [0.25, 0.3) is 0 Å². The van der Waals surface area contributed by atoms with Gasteiger partial charge in [0.15, 0.2) is 0 Å². The van der Waals surface area contributed by atoms with Crippen molar-refractivity contribution in [2.45, 2.75) is 19.6 Å². The van der Waals surface area contributed by atoms with Crippen LogP contribution < -0.4 is 5.32 Å². The van der Waals surface area contributed by atoms with Crippen molar-refractivity contribution in [3.05, 3.63) is 63.1 Å². The van der Waals surface area contributed by atoms with Gasteiger partial charge in [-0.05, 0) is 31.2 Å². The number of carbonyl (C=O) groups excluding carboxylic acids is 3. The van der Waals surface area contributed by atoms with Gasteiger partial charge in [-0.2, -0.15) is 0 Å². The van der Waals surface area contributed by atoms with Gasteiger partial charge in [-0.15, -0.1) is 0 Å². The fourth-order valence-corrected chi connectivity index (χ4v) is 3.29. The van der Waals surface area contributed by atoms with Gasteiger partial charge in [0.1, 0.15) is 6.04 Å². The van der Waals surface area contributed by atoms with Crippen molar-refractivity contribution >= 4 is 46.6 Å². The molecule has 0 aromatic heterocycles. The van der Waals surface area contributed by atoms with Gasteiger partial charge in [0.25, 0.3) is 11.8 Å². The summed E-state index contributed by atoms with van der Waals surface area (Å²) >= 11 is 12.1. The molecule has 0 spiro atoms. The molecule has 0 radical (unpaired) electrons. The SMILES string of the molecule is CC(C(=O)Nc1ccc(Cl)c(CO)c1Cl)N1C(=O)c2ccccc2C1=O. The Morgan fingerprint density at radius 3 is 2.23 bits per heavy atom. The first kappa shape index (κ1) is 18.4. The summed E-state index contributed by atoms with van der Waals surface area (Å²) in [6.45, 7) is 1.06. The number of carbonyl (C=O) groups is 3. The predicted octanol–water partition coefficient (Wildman–Crippen LogP) is 3.11. The average Bonchev–Trinajstić information content (AvgIpc) is 2.88. The minimum Gasteiger partial charge on any atom is -0.392 e. The number of anilines is 1. The number of halogens is 2. The molecule has 8 heteroatoms. The third kappa shape index (κ3) is 2.96. The van der Waals surface area contributed by atoms with E-state index in [1.165, 1.54) is 19.1 Å². The number of hydrogen-bond donors (Lipinski definition) is 2. The highest BCUT2D eigenvalue weighted by Crippen LogP contribution is 2.32. The Morgan fingerprint density at radius 1 is 1.12 bits per heavy atom. The van der Waals surface area contributed by atoms with Gasteiger partial charge in [-0.1, -0.05) is 35.3 Å². The molecule has 1 aliphatic rings. The van der Waals surface area contributed by atoms with E-state index in [2.05, 4.69) is 5.32 Å². The molecule has 0 saturated heterocycles. The lowest BCUT2D eigenvalue weighted by Crippen LogP contribution is -2.45. The summed E-state index contributed by atoms with van der Waals surface area (Å²) in [6, 6.07) is 8.32. The third-order valence-corrected chi connectivity index (χ3v) is 4.98. The second-order valence-corrected chi connectivity index (χ2v) is 6.52. The number of aliphatic hydroxyl groups excluding tert-OH is 1. The summed E-state index contributed by atoms with van der Waals surface area (Å²) in [4.78, 5) is 38.4. The Kier molecular flexibility index (Phi) is 5.00. The van der Waals surface area contributed by atoms with Crippen LogP contribution in [-0.4, -0.2) is 33.8 Å². The zero-order valence-corrected chi connectivity index (χ0v) is 15.1. The van der Waals surface area contributed by atoms with Gasteiger partial charge in [-0.25, -0.2) is 0 Å². The molecule has 1 heterocycles. The summed E-state index contributed by atoms with van der Waals surface area (Å²) in [7, 11) is 0. The van der Waals surface area contributed by atoms with Gasteiger partial charge < -0.3 is 10.4 Å². The van der Waals surface area contributed by atoms with Crippen LogP contribution >= 0.6 is 23.2 Å². The highest BCUT2D eigenvalue weighted by atomic mass is 35.5. The minimum atomic E-state index is -1.05. The van der Waals surface area contributed by atoms with E-state index in [1.807, 2.05) is 0 Å². The molecule has 0 bridgehead atoms. The van der Waals surface area contributed by atoms with Crippen LogP contribution in [0.3, 0.4) is 0 Å². The number of fused-ring (bicyclic) bond motifs is 1. The number of benzene rings is 2. The molecule has 1 unspecified atom stereocenters. The van der Waals surface area contributed by atoms with Crippen LogP contribution in [0.5, 0.6) is 0 Å². The van der Waals surface area contributed by atoms with E-state index in [-0.39, 0.29) is 32.4 Å². The molecule has 26 heavy (non-hydrogen) atoms. The zero-order chi connectivity index (χ0) is 19.0. The number of imide groups is 1. The van der Waals surface area contributed by atoms with Gasteiger partial charge in [0.05, 0.1) is 28.4 Å². The maximum Gasteiger partial charge on any atom is 0.262 e. The summed E-state index contributed by atoms with van der Waals surface area (Å²) in [6.07, 6.45) is 0. The molecule has 6 nitrogen and oxygen atoms in total. The van der Waals surface area contributed by atoms with Crippen molar-refractivity contribution in [1.29, 1.82) is 0 Å². The van der Waals surface area contributed by atoms with E-state index >= 15 is 0 Å². The quantitative estimate of drug-likeness (QED) is 0.782. The second kappa shape index (κ2) is 7.07. The molecule has 2 aromatic rings. The minimum absolute atomic E-state index is 0.0999. The van der Waals surface area contributed by atoms with Crippen LogP contribution in [0.2, 0.25) is 10.0 Å². The molecule has 2 N–H and O–H groups in total. The molecule has 1 atom stereocenters. The lowest BCUT2D eigenvalue weighted by Gasteiger charge is -2.22. The Balaban J connectivity index is 1.84. The van der Waals surface area contributed by atoms with Crippen molar-refractivity contribution < 1.29 is 19.5 Å². The van der Waals surface area contributed by atoms with E-state index in [0.717, 1.165) is 4.90 Å². The second-order valence-electron chi connectivity index (χ2n) is 5.74. The van der Waals surface area contributed by atoms with E-state index in [9.17, 15) is 19.5 Å². The lowest BCUT2D eigenvalue weighted by atomic mass is 10.1. The lowest BCUT2D eigenvalue weighted by molar-refractivity contribution is -0.119. The number of rotatable bonds is 4. The Hall–Kier alpha value is -2.41. The molecule has 3 amide bonds. The zero-order valence-electron chi connectivity index (χ0n) is 13.6. The molecule has 3 rings (SSSR count). The number of aliphatic hydroxyl groups is 1. The maximum atomic E-state index is 12.6. The third-order valence-electron chi connectivity index (χ3n) is 4.19. The Labute approximate surface area is 159 Å². The van der Waals surface area contributed by atoms with Crippen LogP contribution in [0.15, 0.2) is 36.4 Å². The highest BCUT2D eigenvalue weighted by molar-refractivity contribution is 6.38.